The summed E-state index contributed by atoms with van der Waals surface area (Å²) in [6.07, 6.45) is 2.73. The average Bonchev–Trinajstić information content (AvgIpc) is 2.58. The van der Waals surface area contributed by atoms with Crippen LogP contribution in [0.2, 0.25) is 5.02 Å². The van der Waals surface area contributed by atoms with Gasteiger partial charge in [0, 0.05) is 17.8 Å². The number of rotatable bonds is 7. The summed E-state index contributed by atoms with van der Waals surface area (Å²) in [5, 5.41) is 12.8. The largest absolute Gasteiger partial charge is 0.481 e. The van der Waals surface area contributed by atoms with Crippen LogP contribution in [-0.2, 0) is 10.3 Å². The summed E-state index contributed by atoms with van der Waals surface area (Å²) in [4.78, 5) is 25.1. The molecule has 0 aromatic heterocycles. The van der Waals surface area contributed by atoms with E-state index in [2.05, 4.69) is 52.9 Å². The summed E-state index contributed by atoms with van der Waals surface area (Å²) < 4.78 is 0. The van der Waals surface area contributed by atoms with Crippen molar-refractivity contribution in [3.63, 3.8) is 0 Å². The first-order chi connectivity index (χ1) is 13.7. The quantitative estimate of drug-likeness (QED) is 0.541. The van der Waals surface area contributed by atoms with Gasteiger partial charge in [0.15, 0.2) is 0 Å². The molecule has 0 saturated carbocycles. The maximum Gasteiger partial charge on any atom is 0.322 e. The van der Waals surface area contributed by atoms with Gasteiger partial charge in [-0.2, -0.15) is 0 Å². The molecule has 0 radical (unpaired) electrons. The highest BCUT2D eigenvalue weighted by atomic mass is 35.5. The van der Waals surface area contributed by atoms with E-state index in [1.165, 1.54) is 4.90 Å². The molecule has 2 rings (SSSR count). The van der Waals surface area contributed by atoms with Gasteiger partial charge in [0.25, 0.3) is 0 Å². The Balaban J connectivity index is 2.41. The van der Waals surface area contributed by atoms with Gasteiger partial charge in [-0.3, -0.25) is 4.79 Å². The van der Waals surface area contributed by atoms with Gasteiger partial charge in [-0.25, -0.2) is 4.79 Å². The topological polar surface area (TPSA) is 69.6 Å². The number of aliphatic carboxylic acids is 1. The van der Waals surface area contributed by atoms with Crippen LogP contribution in [0.15, 0.2) is 30.0 Å². The lowest BCUT2D eigenvalue weighted by Gasteiger charge is -2.42. The van der Waals surface area contributed by atoms with E-state index in [-0.39, 0.29) is 30.3 Å². The van der Waals surface area contributed by atoms with E-state index in [0.717, 1.165) is 23.1 Å². The summed E-state index contributed by atoms with van der Waals surface area (Å²) in [5.41, 5.74) is 2.54. The fraction of sp³-hybridized carbons (Fsp3) is 0.583. The monoisotopic (exact) mass is 434 g/mol. The third kappa shape index (κ3) is 5.57. The maximum atomic E-state index is 12.7. The van der Waals surface area contributed by atoms with Crippen molar-refractivity contribution >= 4 is 23.6 Å². The number of carbonyl (C=O) groups excluding carboxylic acids is 1. The summed E-state index contributed by atoms with van der Waals surface area (Å²) in [6.45, 7) is 15.1. The van der Waals surface area contributed by atoms with E-state index in [4.69, 9.17) is 16.7 Å². The molecule has 1 aromatic rings. The Kier molecular flexibility index (Phi) is 7.28. The Labute approximate surface area is 185 Å². The van der Waals surface area contributed by atoms with Crippen molar-refractivity contribution in [3.05, 3.63) is 46.1 Å². The zero-order valence-corrected chi connectivity index (χ0v) is 19.9. The number of hydrogen-bond acceptors (Lipinski definition) is 2. The van der Waals surface area contributed by atoms with Crippen LogP contribution in [0.25, 0.3) is 0 Å². The van der Waals surface area contributed by atoms with Crippen molar-refractivity contribution in [2.75, 3.05) is 6.54 Å². The second-order valence-electron chi connectivity index (χ2n) is 10.0. The Bertz CT molecular complexity index is 841. The fourth-order valence-electron chi connectivity index (χ4n) is 4.33. The lowest BCUT2D eigenvalue weighted by Crippen LogP contribution is -2.55. The number of nitrogens with zero attached hydrogens (tertiary/aromatic N) is 1. The Morgan fingerprint density at radius 3 is 2.40 bits per heavy atom. The predicted molar refractivity (Wildman–Crippen MR) is 122 cm³/mol. The molecule has 1 unspecified atom stereocenters. The standard InChI is InChI=1S/C24H35ClN2O3/c1-15(2)19-14-27(11-10-21(28)29)22(30)26-24(19,7)17-8-9-18(20(25)12-17)16(3)13-23(4,5)6/h8-9,12,14-16H,10-11,13H2,1-7H3,(H,26,30)(H,28,29)/t16-,24?/m0/s1. The molecule has 2 N–H and O–H groups in total. The maximum absolute atomic E-state index is 12.7. The number of nitrogens with one attached hydrogen (secondary N) is 1. The molecule has 1 aliphatic rings. The minimum Gasteiger partial charge on any atom is -0.481 e. The van der Waals surface area contributed by atoms with E-state index in [9.17, 15) is 9.59 Å². The lowest BCUT2D eigenvalue weighted by molar-refractivity contribution is -0.137. The number of carboxylic acid groups (broad SMARTS) is 1. The summed E-state index contributed by atoms with van der Waals surface area (Å²) in [6, 6.07) is 5.77. The minimum absolute atomic E-state index is 0.0990. The van der Waals surface area contributed by atoms with Crippen molar-refractivity contribution in [2.24, 2.45) is 11.3 Å². The SMILES string of the molecule is CC(C)C1=CN(CCC(=O)O)C(=O)NC1(C)c1ccc([C@@H](C)CC(C)(C)C)c(Cl)c1. The Morgan fingerprint density at radius 1 is 1.27 bits per heavy atom. The molecule has 5 nitrogen and oxygen atoms in total. The minimum atomic E-state index is -0.928. The van der Waals surface area contributed by atoms with Crippen LogP contribution in [0.1, 0.15) is 78.4 Å². The van der Waals surface area contributed by atoms with Gasteiger partial charge < -0.3 is 15.3 Å². The molecule has 2 atom stereocenters. The van der Waals surface area contributed by atoms with Crippen molar-refractivity contribution in [1.29, 1.82) is 0 Å². The van der Waals surface area contributed by atoms with E-state index in [0.29, 0.717) is 10.9 Å². The van der Waals surface area contributed by atoms with Crippen LogP contribution < -0.4 is 5.32 Å². The van der Waals surface area contributed by atoms with Gasteiger partial charge in [-0.15, -0.1) is 0 Å². The fourth-order valence-corrected chi connectivity index (χ4v) is 4.69. The Hall–Kier alpha value is -2.01. The first-order valence-electron chi connectivity index (χ1n) is 10.6. The molecule has 0 spiro atoms. The number of urea groups is 1. The number of benzene rings is 1. The van der Waals surface area contributed by atoms with Crippen LogP contribution in [0.5, 0.6) is 0 Å². The molecule has 0 fully saturated rings. The molecule has 6 heteroatoms. The van der Waals surface area contributed by atoms with Crippen molar-refractivity contribution in [1.82, 2.24) is 10.2 Å². The molecule has 2 amide bonds. The molecule has 1 heterocycles. The molecule has 0 bridgehead atoms. The highest BCUT2D eigenvalue weighted by molar-refractivity contribution is 6.31. The Morgan fingerprint density at radius 2 is 1.90 bits per heavy atom. The number of halogens is 1. The smallest absolute Gasteiger partial charge is 0.322 e. The molecular formula is C24H35ClN2O3. The summed E-state index contributed by atoms with van der Waals surface area (Å²) >= 11 is 6.70. The second-order valence-corrected chi connectivity index (χ2v) is 10.4. The van der Waals surface area contributed by atoms with Crippen LogP contribution in [0, 0.1) is 11.3 Å². The van der Waals surface area contributed by atoms with Gasteiger partial charge in [-0.05, 0) is 53.4 Å². The van der Waals surface area contributed by atoms with Crippen LogP contribution in [0.3, 0.4) is 0 Å². The molecule has 166 valence electrons. The predicted octanol–water partition coefficient (Wildman–Crippen LogP) is 6.13. The van der Waals surface area contributed by atoms with E-state index in [1.807, 2.05) is 19.1 Å². The highest BCUT2D eigenvalue weighted by Crippen LogP contribution is 2.40. The third-order valence-electron chi connectivity index (χ3n) is 5.71. The van der Waals surface area contributed by atoms with Crippen molar-refractivity contribution in [2.45, 2.75) is 72.8 Å². The first kappa shape index (κ1) is 24.3. The number of carboxylic acids is 1. The van der Waals surface area contributed by atoms with E-state index < -0.39 is 11.5 Å². The van der Waals surface area contributed by atoms with Gasteiger partial charge in [0.2, 0.25) is 0 Å². The van der Waals surface area contributed by atoms with Gasteiger partial charge in [-0.1, -0.05) is 65.3 Å². The summed E-state index contributed by atoms with van der Waals surface area (Å²) in [7, 11) is 0. The zero-order chi connectivity index (χ0) is 22.9. The zero-order valence-electron chi connectivity index (χ0n) is 19.2. The van der Waals surface area contributed by atoms with Crippen LogP contribution in [-0.4, -0.2) is 28.6 Å². The summed E-state index contributed by atoms with van der Waals surface area (Å²) in [5.74, 6) is -0.449. The van der Waals surface area contributed by atoms with Gasteiger partial charge >= 0.3 is 12.0 Å². The molecule has 30 heavy (non-hydrogen) atoms. The van der Waals surface area contributed by atoms with E-state index in [1.54, 1.807) is 6.20 Å². The number of carbonyl (C=O) groups is 2. The first-order valence-corrected chi connectivity index (χ1v) is 10.9. The van der Waals surface area contributed by atoms with Crippen LogP contribution in [0.4, 0.5) is 4.79 Å². The van der Waals surface area contributed by atoms with Crippen molar-refractivity contribution in [3.8, 4) is 0 Å². The molecular weight excluding hydrogens is 400 g/mol. The lowest BCUT2D eigenvalue weighted by atomic mass is 9.77. The van der Waals surface area contributed by atoms with E-state index >= 15 is 0 Å². The van der Waals surface area contributed by atoms with Crippen LogP contribution >= 0.6 is 11.6 Å². The average molecular weight is 435 g/mol. The normalized spacial score (nSPS) is 20.8. The molecule has 0 saturated heterocycles. The number of amides is 2. The molecule has 1 aromatic carbocycles. The second kappa shape index (κ2) is 9.01. The number of hydrogen-bond donors (Lipinski definition) is 2. The van der Waals surface area contributed by atoms with Crippen molar-refractivity contribution < 1.29 is 14.7 Å². The molecule has 1 aliphatic heterocycles. The highest BCUT2D eigenvalue weighted by Gasteiger charge is 2.40. The van der Waals surface area contributed by atoms with Gasteiger partial charge in [0.1, 0.15) is 0 Å². The van der Waals surface area contributed by atoms with Gasteiger partial charge in [0.05, 0.1) is 12.0 Å². The molecule has 0 aliphatic carbocycles. The third-order valence-corrected chi connectivity index (χ3v) is 6.03.